The molecule has 0 radical (unpaired) electrons. The fraction of sp³-hybridized carbons (Fsp3) is 0.727. The lowest BCUT2D eigenvalue weighted by atomic mass is 10.2. The van der Waals surface area contributed by atoms with Crippen LogP contribution in [0.4, 0.5) is 11.5 Å². The van der Waals surface area contributed by atoms with E-state index in [0.717, 1.165) is 24.3 Å². The van der Waals surface area contributed by atoms with Crippen LogP contribution in [-0.2, 0) is 13.5 Å². The van der Waals surface area contributed by atoms with Crippen molar-refractivity contribution < 1.29 is 4.92 Å². The summed E-state index contributed by atoms with van der Waals surface area (Å²) < 4.78 is 1.60. The van der Waals surface area contributed by atoms with Crippen molar-refractivity contribution >= 4 is 23.3 Å². The molecule has 1 saturated heterocycles. The minimum atomic E-state index is -0.317. The van der Waals surface area contributed by atoms with Crippen LogP contribution in [0.15, 0.2) is 0 Å². The number of aryl methyl sites for hydroxylation is 2. The molecule has 1 aromatic rings. The highest BCUT2D eigenvalue weighted by Gasteiger charge is 2.28. The van der Waals surface area contributed by atoms with E-state index in [1.165, 1.54) is 0 Å². The van der Waals surface area contributed by atoms with Crippen molar-refractivity contribution in [2.45, 2.75) is 32.2 Å². The first-order chi connectivity index (χ1) is 8.63. The van der Waals surface area contributed by atoms with Gasteiger partial charge in [-0.05, 0) is 18.6 Å². The molecule has 1 aromatic heterocycles. The molecule has 0 amide bonds. The van der Waals surface area contributed by atoms with Crippen molar-refractivity contribution in [3.8, 4) is 0 Å². The number of aromatic nitrogens is 2. The molecular weight excluding hydrogens is 252 g/mol. The lowest BCUT2D eigenvalue weighted by Gasteiger charge is -2.11. The number of hydrogen-bond donors (Lipinski definition) is 1. The van der Waals surface area contributed by atoms with Crippen molar-refractivity contribution in [3.05, 3.63) is 15.8 Å². The number of rotatable bonds is 5. The van der Waals surface area contributed by atoms with Gasteiger partial charge in [0.05, 0.1) is 4.92 Å². The summed E-state index contributed by atoms with van der Waals surface area (Å²) in [5, 5.41) is 18.8. The van der Waals surface area contributed by atoms with Crippen LogP contribution in [0.2, 0.25) is 0 Å². The van der Waals surface area contributed by atoms with Gasteiger partial charge in [0, 0.05) is 18.8 Å². The molecule has 1 aliphatic rings. The number of nitrogens with zero attached hydrogens (tertiary/aromatic N) is 3. The Bertz CT molecular complexity index is 440. The van der Waals surface area contributed by atoms with Gasteiger partial charge in [-0.15, -0.1) is 0 Å². The fourth-order valence-electron chi connectivity index (χ4n) is 2.17. The molecule has 1 aliphatic heterocycles. The molecule has 0 bridgehead atoms. The van der Waals surface area contributed by atoms with E-state index >= 15 is 0 Å². The highest BCUT2D eigenvalue weighted by molar-refractivity contribution is 7.99. The van der Waals surface area contributed by atoms with Crippen LogP contribution >= 0.6 is 11.8 Å². The minimum absolute atomic E-state index is 0.149. The predicted octanol–water partition coefficient (Wildman–Crippen LogP) is 2.20. The van der Waals surface area contributed by atoms with Gasteiger partial charge in [-0.25, -0.2) is 4.68 Å². The molecule has 1 atom stereocenters. The summed E-state index contributed by atoms with van der Waals surface area (Å²) in [6.45, 7) is 2.00. The third-order valence-corrected chi connectivity index (χ3v) is 4.19. The number of hydrogen-bond acceptors (Lipinski definition) is 5. The molecule has 18 heavy (non-hydrogen) atoms. The van der Waals surface area contributed by atoms with Crippen molar-refractivity contribution in [3.63, 3.8) is 0 Å². The van der Waals surface area contributed by atoms with Gasteiger partial charge in [0.2, 0.25) is 5.82 Å². The molecule has 0 saturated carbocycles. The molecule has 1 N–H and O–H groups in total. The number of nitrogens with one attached hydrogen (secondary N) is 1. The van der Waals surface area contributed by atoms with E-state index < -0.39 is 0 Å². The Labute approximate surface area is 110 Å². The normalized spacial score (nSPS) is 19.1. The van der Waals surface area contributed by atoms with Crippen LogP contribution in [0, 0.1) is 10.1 Å². The van der Waals surface area contributed by atoms with Crippen LogP contribution < -0.4 is 5.32 Å². The Morgan fingerprint density at radius 3 is 3.00 bits per heavy atom. The molecule has 0 aromatic carbocycles. The Kier molecular flexibility index (Phi) is 4.11. The van der Waals surface area contributed by atoms with E-state index in [0.29, 0.717) is 24.0 Å². The van der Waals surface area contributed by atoms with Gasteiger partial charge in [-0.2, -0.15) is 16.9 Å². The van der Waals surface area contributed by atoms with E-state index in [2.05, 4.69) is 10.4 Å². The zero-order valence-corrected chi connectivity index (χ0v) is 11.5. The summed E-state index contributed by atoms with van der Waals surface area (Å²) in [6.07, 6.45) is 2.55. The average molecular weight is 270 g/mol. The van der Waals surface area contributed by atoms with Crippen LogP contribution in [-0.4, -0.2) is 32.3 Å². The van der Waals surface area contributed by atoms with E-state index in [-0.39, 0.29) is 10.6 Å². The summed E-state index contributed by atoms with van der Waals surface area (Å²) >= 11 is 1.88. The highest BCUT2D eigenvalue weighted by atomic mass is 32.2. The van der Waals surface area contributed by atoms with Crippen molar-refractivity contribution in [2.75, 3.05) is 16.8 Å². The maximum Gasteiger partial charge on any atom is 0.333 e. The van der Waals surface area contributed by atoms with Gasteiger partial charge in [-0.1, -0.05) is 13.3 Å². The Balaban J connectivity index is 2.28. The van der Waals surface area contributed by atoms with Gasteiger partial charge < -0.3 is 5.32 Å². The summed E-state index contributed by atoms with van der Waals surface area (Å²) in [5.41, 5.74) is 0.731. The third-order valence-electron chi connectivity index (χ3n) is 3.03. The minimum Gasteiger partial charge on any atom is -0.361 e. The van der Waals surface area contributed by atoms with E-state index in [1.807, 2.05) is 18.7 Å². The Morgan fingerprint density at radius 1 is 1.67 bits per heavy atom. The van der Waals surface area contributed by atoms with Gasteiger partial charge in [0.1, 0.15) is 5.69 Å². The fourth-order valence-corrected chi connectivity index (χ4v) is 3.32. The Morgan fingerprint density at radius 2 is 2.44 bits per heavy atom. The molecule has 1 unspecified atom stereocenters. The zero-order valence-electron chi connectivity index (χ0n) is 10.7. The first-order valence-electron chi connectivity index (χ1n) is 6.18. The zero-order chi connectivity index (χ0) is 13.1. The lowest BCUT2D eigenvalue weighted by Crippen LogP contribution is -2.20. The number of anilines is 1. The van der Waals surface area contributed by atoms with Gasteiger partial charge in [-0.3, -0.25) is 10.1 Å². The van der Waals surface area contributed by atoms with Gasteiger partial charge in [0.25, 0.3) is 0 Å². The van der Waals surface area contributed by atoms with Crippen LogP contribution in [0.5, 0.6) is 0 Å². The lowest BCUT2D eigenvalue weighted by molar-refractivity contribution is -0.384. The van der Waals surface area contributed by atoms with Gasteiger partial charge >= 0.3 is 5.69 Å². The molecule has 2 heterocycles. The summed E-state index contributed by atoms with van der Waals surface area (Å²) in [5.74, 6) is 2.67. The molecule has 1 fully saturated rings. The van der Waals surface area contributed by atoms with Crippen LogP contribution in [0.3, 0.4) is 0 Å². The topological polar surface area (TPSA) is 73.0 Å². The molecule has 2 rings (SSSR count). The molecule has 100 valence electrons. The summed E-state index contributed by atoms with van der Waals surface area (Å²) in [6, 6.07) is 0.318. The number of thioether (sulfide) groups is 1. The first kappa shape index (κ1) is 13.2. The molecule has 0 aliphatic carbocycles. The SMILES string of the molecule is CCCc1nn(C)c(NC2CCSC2)c1[N+](=O)[O-]. The second-order valence-corrected chi connectivity index (χ2v) is 5.63. The summed E-state index contributed by atoms with van der Waals surface area (Å²) in [7, 11) is 1.76. The molecular formula is C11H18N4O2S. The molecule has 0 spiro atoms. The third kappa shape index (κ3) is 2.60. The first-order valence-corrected chi connectivity index (χ1v) is 7.33. The molecule has 6 nitrogen and oxygen atoms in total. The van der Waals surface area contributed by atoms with Crippen LogP contribution in [0.25, 0.3) is 0 Å². The highest BCUT2D eigenvalue weighted by Crippen LogP contribution is 2.31. The van der Waals surface area contributed by atoms with Gasteiger partial charge in [0.15, 0.2) is 0 Å². The smallest absolute Gasteiger partial charge is 0.333 e. The summed E-state index contributed by atoms with van der Waals surface area (Å²) in [4.78, 5) is 10.9. The quantitative estimate of drug-likeness (QED) is 0.656. The van der Waals surface area contributed by atoms with Crippen molar-refractivity contribution in [2.24, 2.45) is 7.05 Å². The number of nitro groups is 1. The second kappa shape index (κ2) is 5.60. The molecule has 7 heteroatoms. The van der Waals surface area contributed by atoms with E-state index in [1.54, 1.807) is 11.7 Å². The monoisotopic (exact) mass is 270 g/mol. The van der Waals surface area contributed by atoms with Crippen LogP contribution in [0.1, 0.15) is 25.5 Å². The second-order valence-electron chi connectivity index (χ2n) is 4.48. The maximum absolute atomic E-state index is 11.2. The standard InChI is InChI=1S/C11H18N4O2S/c1-3-4-9-10(15(16)17)11(14(2)13-9)12-8-5-6-18-7-8/h8,12H,3-7H2,1-2H3. The van der Waals surface area contributed by atoms with E-state index in [9.17, 15) is 10.1 Å². The van der Waals surface area contributed by atoms with E-state index in [4.69, 9.17) is 0 Å². The largest absolute Gasteiger partial charge is 0.361 e. The average Bonchev–Trinajstić information content (AvgIpc) is 2.89. The Hall–Kier alpha value is -1.24. The predicted molar refractivity (Wildman–Crippen MR) is 73.2 cm³/mol. The maximum atomic E-state index is 11.2. The van der Waals surface area contributed by atoms with Crippen molar-refractivity contribution in [1.29, 1.82) is 0 Å². The van der Waals surface area contributed by atoms with Crippen molar-refractivity contribution in [1.82, 2.24) is 9.78 Å².